The Morgan fingerprint density at radius 3 is 2.67 bits per heavy atom. The number of ether oxygens (including phenoxy) is 1. The van der Waals surface area contributed by atoms with Crippen LogP contribution in [-0.2, 0) is 11.8 Å². The molecule has 1 aromatic heterocycles. The van der Waals surface area contributed by atoms with E-state index in [1.165, 1.54) is 0 Å². The van der Waals surface area contributed by atoms with Crippen molar-refractivity contribution in [2.75, 3.05) is 31.2 Å². The molecule has 0 aromatic carbocycles. The molecule has 6 nitrogen and oxygen atoms in total. The second-order valence-corrected chi connectivity index (χ2v) is 3.53. The smallest absolute Gasteiger partial charge is 0.296 e. The van der Waals surface area contributed by atoms with Crippen molar-refractivity contribution >= 4 is 5.95 Å². The molecule has 1 aliphatic heterocycles. The second kappa shape index (κ2) is 3.98. The normalized spacial score (nSPS) is 16.8. The fourth-order valence-corrected chi connectivity index (χ4v) is 1.60. The first-order chi connectivity index (χ1) is 7.18. The Morgan fingerprint density at radius 1 is 1.33 bits per heavy atom. The minimum absolute atomic E-state index is 0.255. The molecule has 1 saturated heterocycles. The third-order valence-corrected chi connectivity index (χ3v) is 2.39. The monoisotopic (exact) mass is 210 g/mol. The first-order valence-corrected chi connectivity index (χ1v) is 4.93. The van der Waals surface area contributed by atoms with Gasteiger partial charge in [-0.1, -0.05) is 0 Å². The molecule has 1 fully saturated rings. The zero-order valence-electron chi connectivity index (χ0n) is 8.93. The fraction of sp³-hybridized carbons (Fsp3) is 0.667. The van der Waals surface area contributed by atoms with Crippen LogP contribution in [0.3, 0.4) is 0 Å². The Balaban J connectivity index is 2.34. The molecule has 0 bridgehead atoms. The van der Waals surface area contributed by atoms with Gasteiger partial charge in [-0.2, -0.15) is 10.1 Å². The highest BCUT2D eigenvalue weighted by Gasteiger charge is 2.16. The number of morpholine rings is 1. The number of hydrogen-bond donors (Lipinski definition) is 0. The van der Waals surface area contributed by atoms with E-state index in [0.29, 0.717) is 24.9 Å². The van der Waals surface area contributed by atoms with Crippen molar-refractivity contribution in [3.8, 4) is 0 Å². The number of hydrogen-bond acceptors (Lipinski definition) is 5. The maximum Gasteiger partial charge on any atom is 0.296 e. The van der Waals surface area contributed by atoms with Crippen LogP contribution in [0.4, 0.5) is 5.95 Å². The average molecular weight is 210 g/mol. The Labute approximate surface area is 87.5 Å². The summed E-state index contributed by atoms with van der Waals surface area (Å²) in [6.45, 7) is 4.52. The Morgan fingerprint density at radius 2 is 2.00 bits per heavy atom. The Hall–Kier alpha value is -1.43. The molecule has 6 heteroatoms. The van der Waals surface area contributed by atoms with Crippen LogP contribution in [0.1, 0.15) is 5.69 Å². The molecule has 2 heterocycles. The standard InChI is InChI=1S/C9H14N4O2/c1-7-8(14)10-9(12(2)11-7)13-3-5-15-6-4-13/h3-6H2,1-2H3. The fourth-order valence-electron chi connectivity index (χ4n) is 1.60. The van der Waals surface area contributed by atoms with Crippen LogP contribution >= 0.6 is 0 Å². The molecular weight excluding hydrogens is 196 g/mol. The van der Waals surface area contributed by atoms with E-state index in [9.17, 15) is 4.79 Å². The van der Waals surface area contributed by atoms with E-state index < -0.39 is 0 Å². The molecule has 2 rings (SSSR count). The minimum atomic E-state index is -0.255. The maximum atomic E-state index is 11.4. The summed E-state index contributed by atoms with van der Waals surface area (Å²) in [6.07, 6.45) is 0. The van der Waals surface area contributed by atoms with Gasteiger partial charge in [-0.15, -0.1) is 0 Å². The van der Waals surface area contributed by atoms with Crippen molar-refractivity contribution in [2.45, 2.75) is 6.92 Å². The lowest BCUT2D eigenvalue weighted by atomic mass is 10.4. The summed E-state index contributed by atoms with van der Waals surface area (Å²) in [5, 5.41) is 4.11. The number of rotatable bonds is 1. The van der Waals surface area contributed by atoms with E-state index in [2.05, 4.69) is 10.1 Å². The van der Waals surface area contributed by atoms with E-state index >= 15 is 0 Å². The van der Waals surface area contributed by atoms with Crippen LogP contribution in [0.5, 0.6) is 0 Å². The molecule has 0 radical (unpaired) electrons. The van der Waals surface area contributed by atoms with Crippen LogP contribution in [0.15, 0.2) is 4.79 Å². The van der Waals surface area contributed by atoms with Crippen LogP contribution < -0.4 is 10.5 Å². The van der Waals surface area contributed by atoms with E-state index in [4.69, 9.17) is 4.74 Å². The van der Waals surface area contributed by atoms with Gasteiger partial charge in [0.15, 0.2) is 0 Å². The van der Waals surface area contributed by atoms with Crippen LogP contribution in [0, 0.1) is 6.92 Å². The summed E-state index contributed by atoms with van der Waals surface area (Å²) >= 11 is 0. The predicted molar refractivity (Wildman–Crippen MR) is 55.0 cm³/mol. The van der Waals surface area contributed by atoms with Crippen molar-refractivity contribution in [3.05, 3.63) is 16.0 Å². The van der Waals surface area contributed by atoms with E-state index in [1.807, 2.05) is 4.90 Å². The third-order valence-electron chi connectivity index (χ3n) is 2.39. The zero-order chi connectivity index (χ0) is 10.8. The van der Waals surface area contributed by atoms with Crippen LogP contribution in [0.25, 0.3) is 0 Å². The van der Waals surface area contributed by atoms with E-state index in [1.54, 1.807) is 18.7 Å². The number of anilines is 1. The zero-order valence-corrected chi connectivity index (χ0v) is 8.93. The minimum Gasteiger partial charge on any atom is -0.378 e. The van der Waals surface area contributed by atoms with Gasteiger partial charge in [0, 0.05) is 20.1 Å². The molecule has 0 spiro atoms. The highest BCUT2D eigenvalue weighted by Crippen LogP contribution is 2.08. The molecule has 15 heavy (non-hydrogen) atoms. The molecule has 0 unspecified atom stereocenters. The lowest BCUT2D eigenvalue weighted by Crippen LogP contribution is -2.40. The van der Waals surface area contributed by atoms with Gasteiger partial charge in [0.2, 0.25) is 5.95 Å². The quantitative estimate of drug-likeness (QED) is 0.614. The molecule has 0 aliphatic carbocycles. The van der Waals surface area contributed by atoms with Crippen molar-refractivity contribution in [1.29, 1.82) is 0 Å². The lowest BCUT2D eigenvalue weighted by Gasteiger charge is -2.28. The highest BCUT2D eigenvalue weighted by atomic mass is 16.5. The van der Waals surface area contributed by atoms with Crippen LogP contribution in [0.2, 0.25) is 0 Å². The first-order valence-electron chi connectivity index (χ1n) is 4.93. The number of aryl methyl sites for hydroxylation is 2. The Kier molecular flexibility index (Phi) is 2.68. The third kappa shape index (κ3) is 1.99. The van der Waals surface area contributed by atoms with Gasteiger partial charge in [0.05, 0.1) is 13.2 Å². The van der Waals surface area contributed by atoms with Crippen molar-refractivity contribution in [1.82, 2.24) is 14.8 Å². The van der Waals surface area contributed by atoms with E-state index in [0.717, 1.165) is 13.1 Å². The summed E-state index contributed by atoms with van der Waals surface area (Å²) in [5.41, 5.74) is 0.170. The molecule has 0 saturated carbocycles. The van der Waals surface area contributed by atoms with Crippen LogP contribution in [-0.4, -0.2) is 41.1 Å². The SMILES string of the molecule is Cc1nn(C)c(N2CCOCC2)nc1=O. The average Bonchev–Trinajstić information content (AvgIpc) is 2.25. The summed E-state index contributed by atoms with van der Waals surface area (Å²) in [5.74, 6) is 0.619. The molecular formula is C9H14N4O2. The molecule has 0 amide bonds. The summed E-state index contributed by atoms with van der Waals surface area (Å²) < 4.78 is 6.88. The topological polar surface area (TPSA) is 60.3 Å². The number of nitrogens with zero attached hydrogens (tertiary/aromatic N) is 4. The van der Waals surface area contributed by atoms with Crippen molar-refractivity contribution in [3.63, 3.8) is 0 Å². The second-order valence-electron chi connectivity index (χ2n) is 3.53. The molecule has 82 valence electrons. The van der Waals surface area contributed by atoms with Gasteiger partial charge in [0.1, 0.15) is 5.69 Å². The van der Waals surface area contributed by atoms with Gasteiger partial charge >= 0.3 is 0 Å². The van der Waals surface area contributed by atoms with Gasteiger partial charge in [-0.05, 0) is 6.92 Å². The predicted octanol–water partition coefficient (Wildman–Crippen LogP) is -0.680. The van der Waals surface area contributed by atoms with Gasteiger partial charge in [-0.3, -0.25) is 4.79 Å². The molecule has 1 aromatic rings. The van der Waals surface area contributed by atoms with Crippen molar-refractivity contribution in [2.24, 2.45) is 7.05 Å². The van der Waals surface area contributed by atoms with Gasteiger partial charge in [-0.25, -0.2) is 4.68 Å². The summed E-state index contributed by atoms with van der Waals surface area (Å²) in [4.78, 5) is 17.4. The summed E-state index contributed by atoms with van der Waals surface area (Å²) in [7, 11) is 1.80. The van der Waals surface area contributed by atoms with Gasteiger partial charge in [0.25, 0.3) is 5.56 Å². The Bertz CT molecular complexity index is 409. The lowest BCUT2D eigenvalue weighted by molar-refractivity contribution is 0.121. The first kappa shape index (κ1) is 10.1. The summed E-state index contributed by atoms with van der Waals surface area (Å²) in [6, 6.07) is 0. The maximum absolute atomic E-state index is 11.4. The largest absolute Gasteiger partial charge is 0.378 e. The molecule has 1 aliphatic rings. The molecule has 0 atom stereocenters. The molecule has 0 N–H and O–H groups in total. The number of aromatic nitrogens is 3. The van der Waals surface area contributed by atoms with Gasteiger partial charge < -0.3 is 9.64 Å². The van der Waals surface area contributed by atoms with E-state index in [-0.39, 0.29) is 5.56 Å². The highest BCUT2D eigenvalue weighted by molar-refractivity contribution is 5.29. The van der Waals surface area contributed by atoms with Crippen molar-refractivity contribution < 1.29 is 4.74 Å².